The summed E-state index contributed by atoms with van der Waals surface area (Å²) in [5.41, 5.74) is 4.51. The maximum atomic E-state index is 12.3. The lowest BCUT2D eigenvalue weighted by Crippen LogP contribution is -2.27. The minimum absolute atomic E-state index is 0.0523. The van der Waals surface area contributed by atoms with Crippen LogP contribution in [-0.4, -0.2) is 27.8 Å². The van der Waals surface area contributed by atoms with Crippen LogP contribution in [0.15, 0.2) is 48.5 Å². The molecule has 0 aliphatic heterocycles. The van der Waals surface area contributed by atoms with Gasteiger partial charge in [-0.2, -0.15) is 5.10 Å². The number of carbonyl (C=O) groups excluding carboxylic acids is 1. The summed E-state index contributed by atoms with van der Waals surface area (Å²) in [6, 6.07) is 14.4. The minimum atomic E-state index is -0.0523. The van der Waals surface area contributed by atoms with E-state index in [0.29, 0.717) is 18.0 Å². The molecule has 0 atom stereocenters. The average molecular weight is 370 g/mol. The summed E-state index contributed by atoms with van der Waals surface area (Å²) in [4.78, 5) is 12.3. The lowest BCUT2D eigenvalue weighted by atomic mass is 10.0. The molecule has 1 aromatic heterocycles. The number of carbonyl (C=O) groups is 1. The van der Waals surface area contributed by atoms with Gasteiger partial charge >= 0.3 is 0 Å². The van der Waals surface area contributed by atoms with Crippen LogP contribution in [0.5, 0.6) is 5.75 Å². The largest absolute Gasteiger partial charge is 0.508 e. The zero-order chi connectivity index (χ0) is 18.5. The van der Waals surface area contributed by atoms with E-state index in [4.69, 9.17) is 11.6 Å². The first-order valence-corrected chi connectivity index (χ1v) is 8.75. The second-order valence-electron chi connectivity index (χ2n) is 6.13. The highest BCUT2D eigenvalue weighted by Crippen LogP contribution is 2.25. The molecule has 6 heteroatoms. The molecule has 3 N–H and O–H groups in total. The van der Waals surface area contributed by atoms with Crippen LogP contribution < -0.4 is 5.32 Å². The highest BCUT2D eigenvalue weighted by Gasteiger charge is 2.15. The number of benzene rings is 2. The highest BCUT2D eigenvalue weighted by atomic mass is 35.5. The maximum Gasteiger partial charge on any atom is 0.224 e. The molecule has 3 aromatic rings. The Morgan fingerprint density at radius 3 is 2.54 bits per heavy atom. The van der Waals surface area contributed by atoms with Gasteiger partial charge in [0, 0.05) is 28.4 Å². The number of aromatic nitrogens is 2. The smallest absolute Gasteiger partial charge is 0.224 e. The van der Waals surface area contributed by atoms with E-state index >= 15 is 0 Å². The lowest BCUT2D eigenvalue weighted by Gasteiger charge is -2.07. The number of aromatic amines is 1. The van der Waals surface area contributed by atoms with E-state index in [-0.39, 0.29) is 18.1 Å². The molecule has 1 heterocycles. The number of rotatable bonds is 6. The molecule has 0 fully saturated rings. The van der Waals surface area contributed by atoms with E-state index in [1.54, 1.807) is 12.1 Å². The van der Waals surface area contributed by atoms with Crippen LogP contribution in [-0.2, 0) is 17.6 Å². The van der Waals surface area contributed by atoms with Crippen molar-refractivity contribution in [1.82, 2.24) is 15.5 Å². The van der Waals surface area contributed by atoms with Crippen LogP contribution in [0.2, 0.25) is 5.02 Å². The molecule has 0 spiro atoms. The van der Waals surface area contributed by atoms with E-state index in [0.717, 1.165) is 28.1 Å². The van der Waals surface area contributed by atoms with Crippen molar-refractivity contribution in [2.75, 3.05) is 6.54 Å². The van der Waals surface area contributed by atoms with Crippen LogP contribution in [0.1, 0.15) is 16.8 Å². The topological polar surface area (TPSA) is 78.0 Å². The molecule has 3 rings (SSSR count). The Kier molecular flexibility index (Phi) is 5.58. The predicted octanol–water partition coefficient (Wildman–Crippen LogP) is 3.65. The van der Waals surface area contributed by atoms with Crippen LogP contribution in [0.3, 0.4) is 0 Å². The fourth-order valence-electron chi connectivity index (χ4n) is 2.75. The number of aromatic hydroxyl groups is 1. The lowest BCUT2D eigenvalue weighted by molar-refractivity contribution is -0.120. The van der Waals surface area contributed by atoms with Crippen molar-refractivity contribution >= 4 is 17.5 Å². The number of hydrogen-bond donors (Lipinski definition) is 3. The van der Waals surface area contributed by atoms with E-state index in [2.05, 4.69) is 15.5 Å². The molecular formula is C20H20ClN3O2. The van der Waals surface area contributed by atoms with Crippen molar-refractivity contribution < 1.29 is 9.90 Å². The molecular weight excluding hydrogens is 350 g/mol. The highest BCUT2D eigenvalue weighted by molar-refractivity contribution is 6.30. The van der Waals surface area contributed by atoms with Gasteiger partial charge in [-0.25, -0.2) is 0 Å². The standard InChI is InChI=1S/C20H20ClN3O2/c1-13-18(20(24-23-13)15-4-6-16(21)7-5-15)12-19(26)22-11-10-14-2-8-17(25)9-3-14/h2-9,25H,10-12H2,1H3,(H,22,26)(H,23,24). The Bertz CT molecular complexity index is 886. The summed E-state index contributed by atoms with van der Waals surface area (Å²) in [6.45, 7) is 2.45. The molecule has 2 aromatic carbocycles. The SMILES string of the molecule is Cc1[nH]nc(-c2ccc(Cl)cc2)c1CC(=O)NCCc1ccc(O)cc1. The van der Waals surface area contributed by atoms with Gasteiger partial charge in [0.15, 0.2) is 0 Å². The molecule has 1 amide bonds. The predicted molar refractivity (Wildman–Crippen MR) is 102 cm³/mol. The summed E-state index contributed by atoms with van der Waals surface area (Å²) in [5, 5.41) is 20.2. The summed E-state index contributed by atoms with van der Waals surface area (Å²) in [7, 11) is 0. The van der Waals surface area contributed by atoms with Gasteiger partial charge in [-0.1, -0.05) is 35.9 Å². The van der Waals surface area contributed by atoms with Gasteiger partial charge in [0.2, 0.25) is 5.91 Å². The molecule has 0 aliphatic carbocycles. The third kappa shape index (κ3) is 4.43. The molecule has 0 saturated carbocycles. The number of phenolic OH excluding ortho intramolecular Hbond substituents is 1. The third-order valence-electron chi connectivity index (χ3n) is 4.20. The van der Waals surface area contributed by atoms with Gasteiger partial charge in [0.25, 0.3) is 0 Å². The van der Waals surface area contributed by atoms with Gasteiger partial charge in [-0.05, 0) is 43.2 Å². The molecule has 0 saturated heterocycles. The Labute approximate surface area is 157 Å². The van der Waals surface area contributed by atoms with E-state index in [1.807, 2.05) is 43.3 Å². The molecule has 0 bridgehead atoms. The van der Waals surface area contributed by atoms with Crippen molar-refractivity contribution in [2.45, 2.75) is 19.8 Å². The number of hydrogen-bond acceptors (Lipinski definition) is 3. The number of aryl methyl sites for hydroxylation is 1. The van der Waals surface area contributed by atoms with Crippen LogP contribution in [0.4, 0.5) is 0 Å². The monoisotopic (exact) mass is 369 g/mol. The number of amides is 1. The van der Waals surface area contributed by atoms with Crippen molar-refractivity contribution in [3.8, 4) is 17.0 Å². The van der Waals surface area contributed by atoms with Crippen LogP contribution >= 0.6 is 11.6 Å². The van der Waals surface area contributed by atoms with Crippen molar-refractivity contribution in [1.29, 1.82) is 0 Å². The fourth-order valence-corrected chi connectivity index (χ4v) is 2.87. The number of H-pyrrole nitrogens is 1. The van der Waals surface area contributed by atoms with Gasteiger partial charge in [0.1, 0.15) is 5.75 Å². The Morgan fingerprint density at radius 2 is 1.85 bits per heavy atom. The number of halogens is 1. The minimum Gasteiger partial charge on any atom is -0.508 e. The summed E-state index contributed by atoms with van der Waals surface area (Å²) < 4.78 is 0. The van der Waals surface area contributed by atoms with Crippen molar-refractivity contribution in [3.63, 3.8) is 0 Å². The first-order valence-electron chi connectivity index (χ1n) is 8.37. The molecule has 26 heavy (non-hydrogen) atoms. The normalized spacial score (nSPS) is 10.7. The quantitative estimate of drug-likeness (QED) is 0.620. The van der Waals surface area contributed by atoms with Crippen LogP contribution in [0.25, 0.3) is 11.3 Å². The molecule has 0 unspecified atom stereocenters. The molecule has 0 aliphatic rings. The second kappa shape index (κ2) is 8.06. The summed E-state index contributed by atoms with van der Waals surface area (Å²) >= 11 is 5.94. The Balaban J connectivity index is 1.61. The fraction of sp³-hybridized carbons (Fsp3) is 0.200. The number of phenols is 1. The van der Waals surface area contributed by atoms with E-state index in [1.165, 1.54) is 0 Å². The first kappa shape index (κ1) is 18.0. The van der Waals surface area contributed by atoms with Gasteiger partial charge in [0.05, 0.1) is 12.1 Å². The Hall–Kier alpha value is -2.79. The van der Waals surface area contributed by atoms with Gasteiger partial charge in [-0.3, -0.25) is 9.89 Å². The van der Waals surface area contributed by atoms with Crippen molar-refractivity contribution in [3.05, 3.63) is 70.4 Å². The molecule has 134 valence electrons. The molecule has 5 nitrogen and oxygen atoms in total. The van der Waals surface area contributed by atoms with E-state index in [9.17, 15) is 9.90 Å². The average Bonchev–Trinajstić information content (AvgIpc) is 2.98. The van der Waals surface area contributed by atoms with Crippen LogP contribution in [0, 0.1) is 6.92 Å². The number of nitrogens with zero attached hydrogens (tertiary/aromatic N) is 1. The van der Waals surface area contributed by atoms with Gasteiger partial charge < -0.3 is 10.4 Å². The third-order valence-corrected chi connectivity index (χ3v) is 4.45. The van der Waals surface area contributed by atoms with E-state index < -0.39 is 0 Å². The summed E-state index contributed by atoms with van der Waals surface area (Å²) in [5.74, 6) is 0.187. The second-order valence-corrected chi connectivity index (χ2v) is 6.56. The van der Waals surface area contributed by atoms with Crippen molar-refractivity contribution in [2.24, 2.45) is 0 Å². The zero-order valence-corrected chi connectivity index (χ0v) is 15.2. The first-order chi connectivity index (χ1) is 12.5. The number of nitrogens with one attached hydrogen (secondary N) is 2. The molecule has 0 radical (unpaired) electrons. The Morgan fingerprint density at radius 1 is 1.15 bits per heavy atom. The maximum absolute atomic E-state index is 12.3. The zero-order valence-electron chi connectivity index (χ0n) is 14.4. The summed E-state index contributed by atoms with van der Waals surface area (Å²) in [6.07, 6.45) is 0.969. The van der Waals surface area contributed by atoms with Gasteiger partial charge in [-0.15, -0.1) is 0 Å².